The van der Waals surface area contributed by atoms with Gasteiger partial charge in [-0.2, -0.15) is 5.10 Å². The summed E-state index contributed by atoms with van der Waals surface area (Å²) >= 11 is 1.35. The predicted octanol–water partition coefficient (Wildman–Crippen LogP) is 2.68. The molecule has 2 aromatic heterocycles. The second-order valence-corrected chi connectivity index (χ2v) is 6.46. The Morgan fingerprint density at radius 1 is 1.33 bits per heavy atom. The number of anilines is 1. The summed E-state index contributed by atoms with van der Waals surface area (Å²) in [6, 6.07) is 0.310. The van der Waals surface area contributed by atoms with Crippen molar-refractivity contribution in [2.24, 2.45) is 0 Å². The average molecular weight is 304 g/mol. The van der Waals surface area contributed by atoms with E-state index < -0.39 is 0 Å². The summed E-state index contributed by atoms with van der Waals surface area (Å²) in [5.74, 6) is -0.0692. The molecule has 0 aliphatic heterocycles. The number of rotatable bonds is 4. The quantitative estimate of drug-likeness (QED) is 0.910. The lowest BCUT2D eigenvalue weighted by Crippen LogP contribution is -2.39. The summed E-state index contributed by atoms with van der Waals surface area (Å²) in [6.07, 6.45) is 5.00. The van der Waals surface area contributed by atoms with E-state index in [-0.39, 0.29) is 5.91 Å². The molecule has 1 fully saturated rings. The zero-order chi connectivity index (χ0) is 15.0. The van der Waals surface area contributed by atoms with E-state index in [0.717, 1.165) is 47.2 Å². The summed E-state index contributed by atoms with van der Waals surface area (Å²) in [5, 5.41) is 12.5. The Morgan fingerprint density at radius 3 is 2.67 bits per heavy atom. The number of hydrogen-bond acceptors (Lipinski definition) is 5. The van der Waals surface area contributed by atoms with Gasteiger partial charge in [-0.1, -0.05) is 13.8 Å². The molecule has 0 atom stereocenters. The van der Waals surface area contributed by atoms with Crippen LogP contribution in [0.3, 0.4) is 0 Å². The number of aromatic nitrogens is 2. The predicted molar refractivity (Wildman–Crippen MR) is 85.7 cm³/mol. The molecule has 6 heteroatoms. The Kier molecular flexibility index (Phi) is 3.80. The van der Waals surface area contributed by atoms with Gasteiger partial charge in [-0.05, 0) is 37.7 Å². The van der Waals surface area contributed by atoms with Crippen LogP contribution >= 0.6 is 11.3 Å². The second kappa shape index (κ2) is 5.60. The Balaban J connectivity index is 2.04. The highest BCUT2D eigenvalue weighted by molar-refractivity contribution is 7.21. The molecule has 3 rings (SSSR count). The van der Waals surface area contributed by atoms with Crippen LogP contribution in [0.5, 0.6) is 0 Å². The summed E-state index contributed by atoms with van der Waals surface area (Å²) in [6.45, 7) is 4.14. The lowest BCUT2D eigenvalue weighted by atomic mass is 9.93. The Hall–Kier alpha value is -1.69. The van der Waals surface area contributed by atoms with Gasteiger partial charge in [0.1, 0.15) is 9.71 Å². The maximum atomic E-state index is 12.4. The van der Waals surface area contributed by atoms with Gasteiger partial charge in [0, 0.05) is 11.4 Å². The van der Waals surface area contributed by atoms with Crippen LogP contribution in [0.1, 0.15) is 54.0 Å². The van der Waals surface area contributed by atoms with E-state index in [2.05, 4.69) is 29.4 Å². The molecule has 0 saturated heterocycles. The highest BCUT2D eigenvalue weighted by Gasteiger charge is 2.25. The molecule has 3 N–H and O–H groups in total. The van der Waals surface area contributed by atoms with E-state index in [1.165, 1.54) is 17.8 Å². The van der Waals surface area contributed by atoms with E-state index >= 15 is 0 Å². The molecule has 0 unspecified atom stereocenters. The van der Waals surface area contributed by atoms with Gasteiger partial charge in [-0.15, -0.1) is 16.4 Å². The molecular formula is C15H20N4OS. The lowest BCUT2D eigenvalue weighted by molar-refractivity contribution is 0.0922. The first-order valence-electron chi connectivity index (χ1n) is 7.52. The van der Waals surface area contributed by atoms with Crippen LogP contribution in [0.25, 0.3) is 10.2 Å². The van der Waals surface area contributed by atoms with Crippen LogP contribution in [0, 0.1) is 0 Å². The zero-order valence-electron chi connectivity index (χ0n) is 12.4. The van der Waals surface area contributed by atoms with Crippen molar-refractivity contribution in [3.05, 3.63) is 16.1 Å². The first-order chi connectivity index (χ1) is 10.2. The average Bonchev–Trinajstić information content (AvgIpc) is 2.79. The SMILES string of the molecule is CCc1nnc2sc(C(=O)NC3CCC3)c(N)c2c1CC. The van der Waals surface area contributed by atoms with Gasteiger partial charge < -0.3 is 11.1 Å². The normalized spacial score (nSPS) is 15.1. The van der Waals surface area contributed by atoms with E-state index in [4.69, 9.17) is 5.73 Å². The highest BCUT2D eigenvalue weighted by atomic mass is 32.1. The fourth-order valence-electron chi connectivity index (χ4n) is 2.74. The third-order valence-electron chi connectivity index (χ3n) is 4.17. The lowest BCUT2D eigenvalue weighted by Gasteiger charge is -2.26. The molecule has 0 aromatic carbocycles. The number of nitrogen functional groups attached to an aromatic ring is 1. The van der Waals surface area contributed by atoms with Crippen LogP contribution in [-0.4, -0.2) is 22.1 Å². The van der Waals surface area contributed by atoms with E-state index in [9.17, 15) is 4.79 Å². The summed E-state index contributed by atoms with van der Waals surface area (Å²) in [7, 11) is 0. The first kappa shape index (κ1) is 14.3. The topological polar surface area (TPSA) is 80.9 Å². The molecular weight excluding hydrogens is 284 g/mol. The Bertz CT molecular complexity index is 691. The second-order valence-electron chi connectivity index (χ2n) is 5.46. The maximum Gasteiger partial charge on any atom is 0.263 e. The number of thiophene rings is 1. The van der Waals surface area contributed by atoms with Crippen LogP contribution in [0.2, 0.25) is 0 Å². The van der Waals surface area contributed by atoms with E-state index in [0.29, 0.717) is 16.6 Å². The molecule has 2 aromatic rings. The molecule has 5 nitrogen and oxygen atoms in total. The van der Waals surface area contributed by atoms with Gasteiger partial charge >= 0.3 is 0 Å². The fourth-order valence-corrected chi connectivity index (χ4v) is 3.71. The molecule has 0 radical (unpaired) electrons. The molecule has 0 spiro atoms. The van der Waals surface area contributed by atoms with E-state index in [1.807, 2.05) is 0 Å². The molecule has 1 aliphatic carbocycles. The summed E-state index contributed by atoms with van der Waals surface area (Å²) < 4.78 is 0. The van der Waals surface area contributed by atoms with Crippen molar-refractivity contribution in [1.82, 2.24) is 15.5 Å². The number of carbonyl (C=O) groups excluding carboxylic acids is 1. The van der Waals surface area contributed by atoms with Gasteiger partial charge in [0.2, 0.25) is 0 Å². The molecule has 1 saturated carbocycles. The van der Waals surface area contributed by atoms with Crippen molar-refractivity contribution in [3.8, 4) is 0 Å². The molecule has 1 amide bonds. The Labute approximate surface area is 127 Å². The van der Waals surface area contributed by atoms with E-state index in [1.54, 1.807) is 0 Å². The van der Waals surface area contributed by atoms with Gasteiger partial charge in [0.25, 0.3) is 5.91 Å². The number of nitrogens with one attached hydrogen (secondary N) is 1. The smallest absolute Gasteiger partial charge is 0.263 e. The molecule has 112 valence electrons. The monoisotopic (exact) mass is 304 g/mol. The highest BCUT2D eigenvalue weighted by Crippen LogP contribution is 2.36. The van der Waals surface area contributed by atoms with Crippen molar-refractivity contribution in [2.45, 2.75) is 52.0 Å². The van der Waals surface area contributed by atoms with Crippen LogP contribution in [0.4, 0.5) is 5.69 Å². The fraction of sp³-hybridized carbons (Fsp3) is 0.533. The molecule has 21 heavy (non-hydrogen) atoms. The minimum absolute atomic E-state index is 0.0692. The molecule has 1 aliphatic rings. The number of amides is 1. The van der Waals surface area contributed by atoms with Crippen molar-refractivity contribution < 1.29 is 4.79 Å². The maximum absolute atomic E-state index is 12.4. The standard InChI is InChI=1S/C15H20N4OS/c1-3-9-10(4-2)18-19-15-11(9)12(16)13(21-15)14(20)17-8-6-5-7-8/h8H,3-7,16H2,1-2H3,(H,17,20). The number of aryl methyl sites for hydroxylation is 2. The largest absolute Gasteiger partial charge is 0.397 e. The Morgan fingerprint density at radius 2 is 2.10 bits per heavy atom. The van der Waals surface area contributed by atoms with Gasteiger partial charge in [0.15, 0.2) is 0 Å². The van der Waals surface area contributed by atoms with Gasteiger partial charge in [-0.25, -0.2) is 0 Å². The number of fused-ring (bicyclic) bond motifs is 1. The van der Waals surface area contributed by atoms with Crippen molar-refractivity contribution in [1.29, 1.82) is 0 Å². The third kappa shape index (κ3) is 2.37. The minimum Gasteiger partial charge on any atom is -0.397 e. The number of carbonyl (C=O) groups is 1. The third-order valence-corrected chi connectivity index (χ3v) is 5.26. The zero-order valence-corrected chi connectivity index (χ0v) is 13.2. The number of nitrogens with two attached hydrogens (primary N) is 1. The van der Waals surface area contributed by atoms with Crippen LogP contribution in [-0.2, 0) is 12.8 Å². The van der Waals surface area contributed by atoms with Gasteiger partial charge in [0.05, 0.1) is 11.4 Å². The summed E-state index contributed by atoms with van der Waals surface area (Å²) in [5.41, 5.74) is 8.92. The molecule has 2 heterocycles. The minimum atomic E-state index is -0.0692. The summed E-state index contributed by atoms with van der Waals surface area (Å²) in [4.78, 5) is 13.7. The molecule has 0 bridgehead atoms. The van der Waals surface area contributed by atoms with Crippen molar-refractivity contribution >= 4 is 33.1 Å². The number of nitrogens with zero attached hydrogens (tertiary/aromatic N) is 2. The number of hydrogen-bond donors (Lipinski definition) is 2. The van der Waals surface area contributed by atoms with Crippen LogP contribution in [0.15, 0.2) is 0 Å². The van der Waals surface area contributed by atoms with Gasteiger partial charge in [-0.3, -0.25) is 4.79 Å². The first-order valence-corrected chi connectivity index (χ1v) is 8.34. The van der Waals surface area contributed by atoms with Crippen molar-refractivity contribution in [3.63, 3.8) is 0 Å². The van der Waals surface area contributed by atoms with Crippen molar-refractivity contribution in [2.75, 3.05) is 5.73 Å². The van der Waals surface area contributed by atoms with Crippen LogP contribution < -0.4 is 11.1 Å².